The number of carbonyl (C=O) groups is 3. The van der Waals surface area contributed by atoms with Gasteiger partial charge in [-0.2, -0.15) is 0 Å². The Bertz CT molecular complexity index is 1430. The molecule has 2 atom stereocenters. The van der Waals surface area contributed by atoms with Gasteiger partial charge in [-0.25, -0.2) is 5.01 Å². The third-order valence-corrected chi connectivity index (χ3v) is 8.69. The Labute approximate surface area is 236 Å². The predicted octanol–water partition coefficient (Wildman–Crippen LogP) is 6.06. The normalized spacial score (nSPS) is 19.9. The van der Waals surface area contributed by atoms with Crippen LogP contribution >= 0.6 is 0 Å². The van der Waals surface area contributed by atoms with Gasteiger partial charge in [0.05, 0.1) is 23.1 Å². The van der Waals surface area contributed by atoms with Gasteiger partial charge in [-0.05, 0) is 72.1 Å². The van der Waals surface area contributed by atoms with E-state index in [0.29, 0.717) is 24.2 Å². The third-order valence-electron chi connectivity index (χ3n) is 8.69. The van der Waals surface area contributed by atoms with Gasteiger partial charge in [0.25, 0.3) is 11.8 Å². The summed E-state index contributed by atoms with van der Waals surface area (Å²) in [5.74, 6) is -0.717. The number of fused-ring (bicyclic) bond motifs is 4. The molecule has 1 fully saturated rings. The van der Waals surface area contributed by atoms with E-state index in [-0.39, 0.29) is 29.7 Å². The van der Waals surface area contributed by atoms with Crippen molar-refractivity contribution in [3.63, 3.8) is 0 Å². The first-order valence-electron chi connectivity index (χ1n) is 14.8. The Morgan fingerprint density at radius 3 is 2.23 bits per heavy atom. The molecule has 2 heterocycles. The van der Waals surface area contributed by atoms with Crippen LogP contribution in [0, 0.1) is 0 Å². The van der Waals surface area contributed by atoms with Crippen LogP contribution in [0.5, 0.6) is 0 Å². The fourth-order valence-corrected chi connectivity index (χ4v) is 6.84. The number of amides is 3. The summed E-state index contributed by atoms with van der Waals surface area (Å²) < 4.78 is 0. The van der Waals surface area contributed by atoms with Crippen LogP contribution in [-0.2, 0) is 11.2 Å². The van der Waals surface area contributed by atoms with Crippen LogP contribution in [0.15, 0.2) is 66.7 Å². The van der Waals surface area contributed by atoms with Crippen molar-refractivity contribution >= 4 is 17.7 Å². The van der Waals surface area contributed by atoms with E-state index >= 15 is 0 Å². The SMILES string of the molecule is CCCCc1cccc2c1C(C(=O)N(CCC)N1CCCC(N3C(=O)c4ccccc4C3=O)C1)c1ccccc1-2. The minimum Gasteiger partial charge on any atom is -0.274 e. The van der Waals surface area contributed by atoms with Crippen molar-refractivity contribution < 1.29 is 14.4 Å². The van der Waals surface area contributed by atoms with Crippen LogP contribution in [0.2, 0.25) is 0 Å². The summed E-state index contributed by atoms with van der Waals surface area (Å²) in [5, 5.41) is 4.04. The number of piperidine rings is 1. The molecule has 3 amide bonds. The van der Waals surface area contributed by atoms with Crippen LogP contribution in [0.3, 0.4) is 0 Å². The molecular formula is C34H37N3O3. The molecule has 0 aromatic heterocycles. The number of hydrazine groups is 1. The number of hydrogen-bond donors (Lipinski definition) is 0. The summed E-state index contributed by atoms with van der Waals surface area (Å²) in [6, 6.07) is 21.6. The molecule has 6 nitrogen and oxygen atoms in total. The van der Waals surface area contributed by atoms with Gasteiger partial charge < -0.3 is 0 Å². The Hall–Kier alpha value is -3.77. The average Bonchev–Trinajstić information content (AvgIpc) is 3.46. The Kier molecular flexibility index (Phi) is 7.28. The van der Waals surface area contributed by atoms with E-state index in [4.69, 9.17) is 0 Å². The maximum absolute atomic E-state index is 14.7. The van der Waals surface area contributed by atoms with Crippen LogP contribution in [0.25, 0.3) is 11.1 Å². The molecule has 3 aromatic carbocycles. The highest BCUT2D eigenvalue weighted by atomic mass is 16.2. The lowest BCUT2D eigenvalue weighted by molar-refractivity contribution is -0.153. The van der Waals surface area contributed by atoms with Gasteiger partial charge in [-0.3, -0.25) is 24.3 Å². The number of hydrogen-bond acceptors (Lipinski definition) is 4. The molecule has 40 heavy (non-hydrogen) atoms. The quantitative estimate of drug-likeness (QED) is 0.329. The van der Waals surface area contributed by atoms with E-state index in [1.165, 1.54) is 16.0 Å². The van der Waals surface area contributed by atoms with Crippen molar-refractivity contribution in [3.05, 3.63) is 94.5 Å². The highest BCUT2D eigenvalue weighted by Crippen LogP contribution is 2.47. The Balaban J connectivity index is 1.32. The zero-order valence-electron chi connectivity index (χ0n) is 23.4. The highest BCUT2D eigenvalue weighted by Gasteiger charge is 2.44. The summed E-state index contributed by atoms with van der Waals surface area (Å²) in [7, 11) is 0. The second-order valence-corrected chi connectivity index (χ2v) is 11.2. The zero-order chi connectivity index (χ0) is 27.8. The summed E-state index contributed by atoms with van der Waals surface area (Å²) in [4.78, 5) is 42.6. The van der Waals surface area contributed by atoms with Crippen molar-refractivity contribution in [1.82, 2.24) is 14.9 Å². The summed E-state index contributed by atoms with van der Waals surface area (Å²) >= 11 is 0. The molecule has 0 radical (unpaired) electrons. The monoisotopic (exact) mass is 535 g/mol. The number of aryl methyl sites for hydroxylation is 1. The fourth-order valence-electron chi connectivity index (χ4n) is 6.84. The molecule has 2 unspecified atom stereocenters. The molecule has 2 aliphatic heterocycles. The van der Waals surface area contributed by atoms with E-state index in [1.54, 1.807) is 24.3 Å². The third kappa shape index (κ3) is 4.35. The molecule has 0 bridgehead atoms. The van der Waals surface area contributed by atoms with E-state index in [1.807, 2.05) is 11.1 Å². The number of unbranched alkanes of at least 4 members (excludes halogenated alkanes) is 1. The van der Waals surface area contributed by atoms with E-state index in [9.17, 15) is 14.4 Å². The smallest absolute Gasteiger partial charge is 0.261 e. The predicted molar refractivity (Wildman–Crippen MR) is 156 cm³/mol. The highest BCUT2D eigenvalue weighted by molar-refractivity contribution is 6.21. The molecule has 0 spiro atoms. The number of carbonyl (C=O) groups excluding carboxylic acids is 3. The van der Waals surface area contributed by atoms with Gasteiger partial charge in [0.1, 0.15) is 0 Å². The molecule has 1 aliphatic carbocycles. The van der Waals surface area contributed by atoms with Gasteiger partial charge in [0.15, 0.2) is 0 Å². The van der Waals surface area contributed by atoms with Gasteiger partial charge in [-0.15, -0.1) is 0 Å². The fraction of sp³-hybridized carbons (Fsp3) is 0.382. The largest absolute Gasteiger partial charge is 0.274 e. The van der Waals surface area contributed by atoms with Crippen LogP contribution in [0.4, 0.5) is 0 Å². The van der Waals surface area contributed by atoms with Crippen LogP contribution < -0.4 is 0 Å². The number of nitrogens with zero attached hydrogens (tertiary/aromatic N) is 3. The second kappa shape index (κ2) is 11.0. The number of imide groups is 1. The van der Waals surface area contributed by atoms with Crippen molar-refractivity contribution in [2.75, 3.05) is 19.6 Å². The number of benzene rings is 3. The van der Waals surface area contributed by atoms with Gasteiger partial charge in [-0.1, -0.05) is 74.9 Å². The minimum atomic E-state index is -0.356. The molecule has 3 aromatic rings. The first kappa shape index (κ1) is 26.5. The molecule has 0 saturated carbocycles. The second-order valence-electron chi connectivity index (χ2n) is 11.2. The maximum atomic E-state index is 14.7. The lowest BCUT2D eigenvalue weighted by Crippen LogP contribution is -2.57. The average molecular weight is 536 g/mol. The van der Waals surface area contributed by atoms with Crippen molar-refractivity contribution in [2.24, 2.45) is 0 Å². The van der Waals surface area contributed by atoms with Gasteiger partial charge in [0.2, 0.25) is 5.91 Å². The molecule has 6 heteroatoms. The molecule has 1 saturated heterocycles. The standard InChI is InChI=1S/C34H37N3O3/c1-3-5-12-23-13-10-19-26-25-15-6-7-16-27(25)31(30(23)26)34(40)36(20-4-2)35-21-11-14-24(22-35)37-32(38)28-17-8-9-18-29(28)33(37)39/h6-10,13,15-19,24,31H,3-5,11-12,14,20-22H2,1-2H3. The summed E-state index contributed by atoms with van der Waals surface area (Å²) in [6.07, 6.45) is 5.51. The zero-order valence-corrected chi connectivity index (χ0v) is 23.4. The first-order valence-corrected chi connectivity index (χ1v) is 14.8. The van der Waals surface area contributed by atoms with Crippen LogP contribution in [0.1, 0.15) is 89.3 Å². The van der Waals surface area contributed by atoms with Crippen molar-refractivity contribution in [2.45, 2.75) is 64.3 Å². The van der Waals surface area contributed by atoms with Gasteiger partial charge in [0, 0.05) is 19.6 Å². The van der Waals surface area contributed by atoms with Gasteiger partial charge >= 0.3 is 0 Å². The Morgan fingerprint density at radius 1 is 0.850 bits per heavy atom. The number of rotatable bonds is 8. The maximum Gasteiger partial charge on any atom is 0.261 e. The lowest BCUT2D eigenvalue weighted by atomic mass is 9.89. The molecule has 0 N–H and O–H groups in total. The van der Waals surface area contributed by atoms with Crippen molar-refractivity contribution in [1.29, 1.82) is 0 Å². The van der Waals surface area contributed by atoms with Crippen LogP contribution in [-0.4, -0.2) is 58.3 Å². The molecular weight excluding hydrogens is 498 g/mol. The molecule has 3 aliphatic rings. The lowest BCUT2D eigenvalue weighted by Gasteiger charge is -2.43. The summed E-state index contributed by atoms with van der Waals surface area (Å²) in [5.41, 5.74) is 6.75. The van der Waals surface area contributed by atoms with E-state index in [2.05, 4.69) is 55.3 Å². The van der Waals surface area contributed by atoms with Crippen molar-refractivity contribution in [3.8, 4) is 11.1 Å². The first-order chi connectivity index (χ1) is 19.5. The molecule has 6 rings (SSSR count). The van der Waals surface area contributed by atoms with E-state index < -0.39 is 0 Å². The minimum absolute atomic E-state index is 0.0833. The van der Waals surface area contributed by atoms with E-state index in [0.717, 1.165) is 61.8 Å². The summed E-state index contributed by atoms with van der Waals surface area (Å²) in [6.45, 7) is 6.08. The Morgan fingerprint density at radius 2 is 1.52 bits per heavy atom. The molecule has 206 valence electrons. The topological polar surface area (TPSA) is 60.9 Å².